The third-order valence-electron chi connectivity index (χ3n) is 5.80. The molecule has 2 fully saturated rings. The number of hydrogen-bond acceptors (Lipinski definition) is 5. The zero-order chi connectivity index (χ0) is 21.6. The second kappa shape index (κ2) is 10.5. The minimum Gasteiger partial charge on any atom is -0.370 e. The number of halogens is 3. The fraction of sp³-hybridized carbons (Fsp3) is 0.682. The molecule has 0 radical (unpaired) electrons. The number of pyridine rings is 1. The standard InChI is InChI=1S/C22H31F3N4O/c1-18(2)28-14-12-27(13-15-28)9-3-4-16-30-20-7-10-29(11-8-20)19-5-6-21(26-17-19)22(23,24)25/h5-6,17-18,20H,7-16H2,1-2H3. The average Bonchev–Trinajstić information content (AvgIpc) is 2.74. The van der Waals surface area contributed by atoms with Crippen LogP contribution in [0.25, 0.3) is 0 Å². The van der Waals surface area contributed by atoms with E-state index in [1.165, 1.54) is 12.3 Å². The molecule has 166 valence electrons. The van der Waals surface area contributed by atoms with Crippen LogP contribution in [0.4, 0.5) is 18.9 Å². The Balaban J connectivity index is 1.33. The van der Waals surface area contributed by atoms with E-state index in [4.69, 9.17) is 4.74 Å². The third kappa shape index (κ3) is 6.59. The van der Waals surface area contributed by atoms with E-state index in [0.29, 0.717) is 12.6 Å². The van der Waals surface area contributed by atoms with Gasteiger partial charge in [-0.2, -0.15) is 13.2 Å². The lowest BCUT2D eigenvalue weighted by atomic mass is 10.1. The van der Waals surface area contributed by atoms with Crippen molar-refractivity contribution in [1.82, 2.24) is 14.8 Å². The molecule has 30 heavy (non-hydrogen) atoms. The molecule has 2 aliphatic heterocycles. The minimum absolute atomic E-state index is 0.146. The molecule has 0 unspecified atom stereocenters. The first-order valence-electron chi connectivity index (χ1n) is 10.6. The number of nitrogens with zero attached hydrogens (tertiary/aromatic N) is 4. The molecule has 3 heterocycles. The van der Waals surface area contributed by atoms with Crippen LogP contribution in [-0.2, 0) is 10.9 Å². The maximum Gasteiger partial charge on any atom is 0.433 e. The first kappa shape index (κ1) is 22.9. The Morgan fingerprint density at radius 2 is 1.77 bits per heavy atom. The summed E-state index contributed by atoms with van der Waals surface area (Å²) in [7, 11) is 0. The normalized spacial score (nSPS) is 19.7. The number of hydrogen-bond donors (Lipinski definition) is 0. The van der Waals surface area contributed by atoms with Crippen molar-refractivity contribution in [2.24, 2.45) is 0 Å². The second-order valence-corrected chi connectivity index (χ2v) is 8.16. The molecule has 3 rings (SSSR count). The third-order valence-corrected chi connectivity index (χ3v) is 5.80. The summed E-state index contributed by atoms with van der Waals surface area (Å²) in [6.45, 7) is 11.5. The summed E-state index contributed by atoms with van der Waals surface area (Å²) >= 11 is 0. The smallest absolute Gasteiger partial charge is 0.370 e. The summed E-state index contributed by atoms with van der Waals surface area (Å²) in [6, 6.07) is 3.13. The Kier molecular flexibility index (Phi) is 7.98. The van der Waals surface area contributed by atoms with E-state index in [2.05, 4.69) is 45.4 Å². The van der Waals surface area contributed by atoms with E-state index in [-0.39, 0.29) is 6.10 Å². The molecule has 1 aromatic rings. The summed E-state index contributed by atoms with van der Waals surface area (Å²) in [4.78, 5) is 10.5. The van der Waals surface area contributed by atoms with Crippen LogP contribution in [0.3, 0.4) is 0 Å². The van der Waals surface area contributed by atoms with Crippen molar-refractivity contribution in [3.63, 3.8) is 0 Å². The molecule has 8 heteroatoms. The Morgan fingerprint density at radius 3 is 2.33 bits per heavy atom. The number of ether oxygens (including phenoxy) is 1. The van der Waals surface area contributed by atoms with Crippen molar-refractivity contribution in [2.75, 3.05) is 57.3 Å². The molecule has 0 aliphatic carbocycles. The molecular weight excluding hydrogens is 393 g/mol. The monoisotopic (exact) mass is 424 g/mol. The predicted octanol–water partition coefficient (Wildman–Crippen LogP) is 3.12. The maximum atomic E-state index is 12.6. The Labute approximate surface area is 177 Å². The fourth-order valence-corrected chi connectivity index (χ4v) is 3.84. The number of anilines is 1. The van der Waals surface area contributed by atoms with Gasteiger partial charge < -0.3 is 9.64 Å². The van der Waals surface area contributed by atoms with Crippen molar-refractivity contribution < 1.29 is 17.9 Å². The Morgan fingerprint density at radius 1 is 1.07 bits per heavy atom. The highest BCUT2D eigenvalue weighted by molar-refractivity contribution is 5.45. The van der Waals surface area contributed by atoms with Gasteiger partial charge in [0.1, 0.15) is 12.3 Å². The van der Waals surface area contributed by atoms with Gasteiger partial charge in [-0.05, 0) is 38.8 Å². The lowest BCUT2D eigenvalue weighted by Gasteiger charge is -2.36. The minimum atomic E-state index is -4.40. The molecule has 0 saturated carbocycles. The highest BCUT2D eigenvalue weighted by atomic mass is 19.4. The van der Waals surface area contributed by atoms with E-state index in [9.17, 15) is 13.2 Å². The van der Waals surface area contributed by atoms with Crippen molar-refractivity contribution in [3.05, 3.63) is 24.0 Å². The highest BCUT2D eigenvalue weighted by Gasteiger charge is 2.32. The maximum absolute atomic E-state index is 12.6. The van der Waals surface area contributed by atoms with Crippen molar-refractivity contribution >= 4 is 5.69 Å². The first-order valence-corrected chi connectivity index (χ1v) is 10.6. The SMILES string of the molecule is CC(C)N1CCN(CC#CCOC2CCN(c3ccc(C(F)(F)F)nc3)CC2)CC1. The van der Waals surface area contributed by atoms with Gasteiger partial charge >= 0.3 is 6.18 Å². The van der Waals surface area contributed by atoms with E-state index in [0.717, 1.165) is 70.4 Å². The van der Waals surface area contributed by atoms with Gasteiger partial charge in [-0.25, -0.2) is 4.98 Å². The van der Waals surface area contributed by atoms with Crippen LogP contribution < -0.4 is 4.90 Å². The first-order chi connectivity index (χ1) is 14.3. The number of alkyl halides is 3. The summed E-state index contributed by atoms with van der Waals surface area (Å²) in [5.41, 5.74) is -0.136. The molecule has 0 bridgehead atoms. The fourth-order valence-electron chi connectivity index (χ4n) is 3.84. The van der Waals surface area contributed by atoms with Crippen molar-refractivity contribution in [3.8, 4) is 11.8 Å². The molecule has 0 aromatic carbocycles. The van der Waals surface area contributed by atoms with E-state index < -0.39 is 11.9 Å². The number of rotatable bonds is 5. The topological polar surface area (TPSA) is 31.8 Å². The van der Waals surface area contributed by atoms with E-state index in [1.807, 2.05) is 0 Å². The zero-order valence-electron chi connectivity index (χ0n) is 17.8. The van der Waals surface area contributed by atoms with Crippen LogP contribution in [0.15, 0.2) is 18.3 Å². The Hall–Kier alpha value is -1.82. The van der Waals surface area contributed by atoms with Crippen LogP contribution in [0.5, 0.6) is 0 Å². The highest BCUT2D eigenvalue weighted by Crippen LogP contribution is 2.29. The average molecular weight is 425 g/mol. The molecule has 0 spiro atoms. The van der Waals surface area contributed by atoms with Gasteiger partial charge in [0.05, 0.1) is 24.5 Å². The lowest BCUT2D eigenvalue weighted by Crippen LogP contribution is -2.48. The molecule has 0 N–H and O–H groups in total. The second-order valence-electron chi connectivity index (χ2n) is 8.16. The summed E-state index contributed by atoms with van der Waals surface area (Å²) < 4.78 is 43.8. The molecule has 1 aromatic heterocycles. The summed E-state index contributed by atoms with van der Waals surface area (Å²) in [6.07, 6.45) is -1.29. The largest absolute Gasteiger partial charge is 0.433 e. The van der Waals surface area contributed by atoms with Crippen molar-refractivity contribution in [1.29, 1.82) is 0 Å². The molecular formula is C22H31F3N4O. The summed E-state index contributed by atoms with van der Waals surface area (Å²) in [5.74, 6) is 6.33. The molecule has 5 nitrogen and oxygen atoms in total. The van der Waals surface area contributed by atoms with Crippen LogP contribution in [0, 0.1) is 11.8 Å². The van der Waals surface area contributed by atoms with Gasteiger partial charge in [-0.1, -0.05) is 11.8 Å². The van der Waals surface area contributed by atoms with Gasteiger partial charge in [0.25, 0.3) is 0 Å². The van der Waals surface area contributed by atoms with E-state index in [1.54, 1.807) is 0 Å². The predicted molar refractivity (Wildman–Crippen MR) is 111 cm³/mol. The Bertz CT molecular complexity index is 711. The van der Waals surface area contributed by atoms with Crippen LogP contribution in [0.1, 0.15) is 32.4 Å². The van der Waals surface area contributed by atoms with Crippen LogP contribution in [0.2, 0.25) is 0 Å². The lowest BCUT2D eigenvalue weighted by molar-refractivity contribution is -0.141. The molecule has 0 amide bonds. The summed E-state index contributed by atoms with van der Waals surface area (Å²) in [5, 5.41) is 0. The van der Waals surface area contributed by atoms with Gasteiger partial charge in [0.15, 0.2) is 0 Å². The quantitative estimate of drug-likeness (QED) is 0.678. The molecule has 0 atom stereocenters. The van der Waals surface area contributed by atoms with Crippen LogP contribution in [-0.4, -0.2) is 79.3 Å². The van der Waals surface area contributed by atoms with Crippen LogP contribution >= 0.6 is 0 Å². The van der Waals surface area contributed by atoms with Gasteiger partial charge in [-0.3, -0.25) is 9.80 Å². The van der Waals surface area contributed by atoms with E-state index >= 15 is 0 Å². The zero-order valence-corrected chi connectivity index (χ0v) is 17.8. The van der Waals surface area contributed by atoms with Crippen molar-refractivity contribution in [2.45, 2.75) is 45.0 Å². The number of piperidine rings is 1. The van der Waals surface area contributed by atoms with Gasteiger partial charge in [0.2, 0.25) is 0 Å². The number of aromatic nitrogens is 1. The van der Waals surface area contributed by atoms with Gasteiger partial charge in [0, 0.05) is 45.3 Å². The molecule has 2 saturated heterocycles. The molecule has 2 aliphatic rings. The number of piperazine rings is 1. The van der Waals surface area contributed by atoms with Gasteiger partial charge in [-0.15, -0.1) is 0 Å².